The molecule has 1 saturated heterocycles. The standard InChI is InChI=1S/C31H30O17/c1-11(32)41-10-19-24(42-12(2)33)27(43-13(3)34)28(44-14(4)35)31(46-19)45-18-9-16-21-20-15(29(36)48-26(21)23(18)40-7)8-17(38-5)22(39-6)25(20)47-30(16)37/h8-9,19,24,27-28,31H,10H2,1-7H3. The fourth-order valence-corrected chi connectivity index (χ4v) is 5.58. The second kappa shape index (κ2) is 13.3. The van der Waals surface area contributed by atoms with Gasteiger partial charge >= 0.3 is 35.1 Å². The van der Waals surface area contributed by atoms with Gasteiger partial charge in [0, 0.05) is 38.5 Å². The number of hydrogen-bond acceptors (Lipinski definition) is 17. The summed E-state index contributed by atoms with van der Waals surface area (Å²) in [6.07, 6.45) is -7.63. The average molecular weight is 675 g/mol. The molecule has 3 heterocycles. The molecule has 0 aliphatic carbocycles. The first-order valence-electron chi connectivity index (χ1n) is 14.2. The number of carbonyl (C=O) groups excluding carboxylic acids is 4. The number of esters is 4. The van der Waals surface area contributed by atoms with Crippen molar-refractivity contribution in [2.24, 2.45) is 0 Å². The van der Waals surface area contributed by atoms with E-state index in [1.54, 1.807) is 0 Å². The van der Waals surface area contributed by atoms with E-state index in [0.29, 0.717) is 0 Å². The summed E-state index contributed by atoms with van der Waals surface area (Å²) < 4.78 is 61.1. The molecule has 0 amide bonds. The van der Waals surface area contributed by atoms with Gasteiger partial charge in [0.1, 0.15) is 12.7 Å². The van der Waals surface area contributed by atoms with Crippen molar-refractivity contribution < 1.29 is 70.6 Å². The third-order valence-corrected chi connectivity index (χ3v) is 7.30. The first-order chi connectivity index (χ1) is 22.8. The molecule has 2 aromatic carbocycles. The van der Waals surface area contributed by atoms with E-state index in [4.69, 9.17) is 51.5 Å². The molecule has 0 spiro atoms. The van der Waals surface area contributed by atoms with E-state index in [1.807, 2.05) is 0 Å². The Morgan fingerprint density at radius 3 is 1.60 bits per heavy atom. The lowest BCUT2D eigenvalue weighted by molar-refractivity contribution is -0.288. The minimum absolute atomic E-state index is 0.0132. The van der Waals surface area contributed by atoms with Crippen LogP contribution in [0.3, 0.4) is 0 Å². The van der Waals surface area contributed by atoms with Crippen LogP contribution in [-0.4, -0.2) is 82.5 Å². The highest BCUT2D eigenvalue weighted by Crippen LogP contribution is 2.46. The molecular weight excluding hydrogens is 644 g/mol. The Hall–Kier alpha value is -5.58. The zero-order chi connectivity index (χ0) is 35.0. The van der Waals surface area contributed by atoms with Gasteiger partial charge in [0.2, 0.25) is 23.9 Å². The van der Waals surface area contributed by atoms with Gasteiger partial charge < -0.3 is 51.5 Å². The van der Waals surface area contributed by atoms with Crippen LogP contribution in [-0.2, 0) is 42.9 Å². The van der Waals surface area contributed by atoms with Crippen LogP contribution >= 0.6 is 0 Å². The van der Waals surface area contributed by atoms with Crippen molar-refractivity contribution in [3.05, 3.63) is 33.0 Å². The molecule has 5 atom stereocenters. The lowest BCUT2D eigenvalue weighted by Gasteiger charge is -2.44. The summed E-state index contributed by atoms with van der Waals surface area (Å²) in [6, 6.07) is 2.59. The van der Waals surface area contributed by atoms with E-state index < -0.39 is 72.4 Å². The van der Waals surface area contributed by atoms with Crippen LogP contribution in [0.4, 0.5) is 0 Å². The fourth-order valence-electron chi connectivity index (χ4n) is 5.58. The normalized spacial score (nSPS) is 20.7. The van der Waals surface area contributed by atoms with Crippen LogP contribution in [0.15, 0.2) is 30.6 Å². The van der Waals surface area contributed by atoms with Crippen molar-refractivity contribution >= 4 is 56.6 Å². The summed E-state index contributed by atoms with van der Waals surface area (Å²) in [4.78, 5) is 75.0. The predicted molar refractivity (Wildman–Crippen MR) is 159 cm³/mol. The number of hydrogen-bond donors (Lipinski definition) is 0. The van der Waals surface area contributed by atoms with Crippen molar-refractivity contribution in [3.63, 3.8) is 0 Å². The van der Waals surface area contributed by atoms with Crippen LogP contribution in [0.5, 0.6) is 23.0 Å². The highest BCUT2D eigenvalue weighted by Gasteiger charge is 2.53. The summed E-state index contributed by atoms with van der Waals surface area (Å²) in [6.45, 7) is 3.82. The SMILES string of the molecule is COc1cc2c(=O)oc3c(OC)c(OC4OC(COC(C)=O)C(OC(C)=O)C(OC(C)=O)C4OC(C)=O)cc4c(=O)oc(c1OC)c2c34. The number of benzene rings is 2. The van der Waals surface area contributed by atoms with Crippen LogP contribution < -0.4 is 30.2 Å². The molecule has 17 heteroatoms. The maximum Gasteiger partial charge on any atom is 0.344 e. The molecule has 5 unspecified atom stereocenters. The first kappa shape index (κ1) is 33.8. The first-order valence-corrected chi connectivity index (χ1v) is 14.2. The van der Waals surface area contributed by atoms with Crippen molar-refractivity contribution in [3.8, 4) is 23.0 Å². The van der Waals surface area contributed by atoms with Crippen LogP contribution in [0.25, 0.3) is 32.7 Å². The highest BCUT2D eigenvalue weighted by molar-refractivity contribution is 6.22. The zero-order valence-electron chi connectivity index (χ0n) is 26.7. The molecular formula is C31H30O17. The summed E-state index contributed by atoms with van der Waals surface area (Å²) in [5.74, 6) is -3.57. The lowest BCUT2D eigenvalue weighted by Crippen LogP contribution is -2.63. The van der Waals surface area contributed by atoms with E-state index in [-0.39, 0.29) is 55.7 Å². The summed E-state index contributed by atoms with van der Waals surface area (Å²) in [7, 11) is 3.91. The molecule has 1 fully saturated rings. The number of ether oxygens (including phenoxy) is 9. The molecule has 0 N–H and O–H groups in total. The Balaban J connectivity index is 1.72. The second-order valence-electron chi connectivity index (χ2n) is 10.5. The smallest absolute Gasteiger partial charge is 0.344 e. The monoisotopic (exact) mass is 674 g/mol. The number of rotatable bonds is 10. The van der Waals surface area contributed by atoms with Crippen molar-refractivity contribution in [1.82, 2.24) is 0 Å². The second-order valence-corrected chi connectivity index (χ2v) is 10.5. The van der Waals surface area contributed by atoms with Gasteiger partial charge in [-0.15, -0.1) is 0 Å². The Kier molecular flexibility index (Phi) is 9.33. The molecule has 0 saturated carbocycles. The Labute approximate surface area is 269 Å². The van der Waals surface area contributed by atoms with Crippen LogP contribution in [0.1, 0.15) is 27.7 Å². The van der Waals surface area contributed by atoms with E-state index >= 15 is 0 Å². The average Bonchev–Trinajstić information content (AvgIpc) is 3.01. The minimum Gasteiger partial charge on any atom is -0.493 e. The van der Waals surface area contributed by atoms with Gasteiger partial charge in [0.15, 0.2) is 34.9 Å². The van der Waals surface area contributed by atoms with Crippen LogP contribution in [0.2, 0.25) is 0 Å². The summed E-state index contributed by atoms with van der Waals surface area (Å²) in [5, 5.41) is 0.187. The van der Waals surface area contributed by atoms with Crippen molar-refractivity contribution in [2.75, 3.05) is 27.9 Å². The third kappa shape index (κ3) is 6.11. The topological polar surface area (TPSA) is 212 Å². The van der Waals surface area contributed by atoms with Gasteiger partial charge in [-0.25, -0.2) is 9.59 Å². The van der Waals surface area contributed by atoms with Crippen molar-refractivity contribution in [2.45, 2.75) is 58.4 Å². The van der Waals surface area contributed by atoms with Gasteiger partial charge in [0.05, 0.1) is 32.1 Å². The quantitative estimate of drug-likeness (QED) is 0.102. The minimum atomic E-state index is -1.70. The Morgan fingerprint density at radius 2 is 1.12 bits per heavy atom. The zero-order valence-corrected chi connectivity index (χ0v) is 26.7. The highest BCUT2D eigenvalue weighted by atomic mass is 16.7. The summed E-state index contributed by atoms with van der Waals surface area (Å²) >= 11 is 0. The van der Waals surface area contributed by atoms with Gasteiger partial charge in [-0.3, -0.25) is 19.2 Å². The molecule has 2 aromatic heterocycles. The molecule has 17 nitrogen and oxygen atoms in total. The molecule has 256 valence electrons. The summed E-state index contributed by atoms with van der Waals surface area (Å²) in [5.41, 5.74) is -2.06. The predicted octanol–water partition coefficient (Wildman–Crippen LogP) is 1.98. The number of carbonyl (C=O) groups is 4. The van der Waals surface area contributed by atoms with Crippen LogP contribution in [0, 0.1) is 0 Å². The molecule has 1 aliphatic rings. The fraction of sp³-hybridized carbons (Fsp3) is 0.419. The van der Waals surface area contributed by atoms with Gasteiger partial charge in [-0.05, 0) is 12.1 Å². The molecule has 0 bridgehead atoms. The molecule has 1 aliphatic heterocycles. The van der Waals surface area contributed by atoms with E-state index in [0.717, 1.165) is 27.7 Å². The molecule has 5 rings (SSSR count). The van der Waals surface area contributed by atoms with Crippen molar-refractivity contribution in [1.29, 1.82) is 0 Å². The third-order valence-electron chi connectivity index (χ3n) is 7.30. The number of methoxy groups -OCH3 is 3. The van der Waals surface area contributed by atoms with E-state index in [9.17, 15) is 28.8 Å². The molecule has 4 aromatic rings. The Morgan fingerprint density at radius 1 is 0.646 bits per heavy atom. The Bertz CT molecular complexity index is 2020. The van der Waals surface area contributed by atoms with E-state index in [1.165, 1.54) is 33.5 Å². The van der Waals surface area contributed by atoms with Gasteiger partial charge in [0.25, 0.3) is 0 Å². The lowest BCUT2D eigenvalue weighted by atomic mass is 9.98. The molecule has 48 heavy (non-hydrogen) atoms. The largest absolute Gasteiger partial charge is 0.493 e. The van der Waals surface area contributed by atoms with Gasteiger partial charge in [-0.2, -0.15) is 0 Å². The van der Waals surface area contributed by atoms with E-state index in [2.05, 4.69) is 0 Å². The van der Waals surface area contributed by atoms with Gasteiger partial charge in [-0.1, -0.05) is 0 Å². The molecule has 0 radical (unpaired) electrons. The maximum atomic E-state index is 13.4. The maximum absolute atomic E-state index is 13.4.